The fourth-order valence-corrected chi connectivity index (χ4v) is 6.51. The standard InChI is InChI=1S/C21H32O5/c1-11-8-13(22)12-9-15-20(4,26-18(12)25-11)7-6-14-19(2,3)16(23)10-17(24)21(14,15)5/h11,14-17,23-24H,6-10H2,1-5H3. The Labute approximate surface area is 155 Å². The molecule has 7 unspecified atom stereocenters. The molecule has 2 aliphatic heterocycles. The van der Waals surface area contributed by atoms with Crippen LogP contribution in [0, 0.1) is 22.7 Å². The first kappa shape index (κ1) is 18.3. The molecule has 0 aromatic carbocycles. The normalized spacial score (nSPS) is 50.1. The predicted octanol–water partition coefficient (Wildman–Crippen LogP) is 2.94. The number of hydrogen-bond donors (Lipinski definition) is 2. The molecule has 0 radical (unpaired) electrons. The summed E-state index contributed by atoms with van der Waals surface area (Å²) in [6.07, 6.45) is 1.80. The summed E-state index contributed by atoms with van der Waals surface area (Å²) < 4.78 is 12.2. The number of carbonyl (C=O) groups is 1. The van der Waals surface area contributed by atoms with E-state index in [1.54, 1.807) is 0 Å². The molecule has 2 saturated carbocycles. The fraction of sp³-hybridized carbons (Fsp3) is 0.857. The van der Waals surface area contributed by atoms with E-state index < -0.39 is 23.2 Å². The van der Waals surface area contributed by atoms with E-state index in [9.17, 15) is 15.0 Å². The van der Waals surface area contributed by atoms with Crippen molar-refractivity contribution in [1.82, 2.24) is 0 Å². The fourth-order valence-electron chi connectivity index (χ4n) is 6.51. The Morgan fingerprint density at radius 2 is 1.73 bits per heavy atom. The maximum absolute atomic E-state index is 12.6. The second-order valence-electron chi connectivity index (χ2n) is 10.0. The number of aliphatic hydroxyl groups excluding tert-OH is 2. The minimum absolute atomic E-state index is 0.0234. The first-order chi connectivity index (χ1) is 12.0. The van der Waals surface area contributed by atoms with E-state index in [1.165, 1.54) is 0 Å². The highest BCUT2D eigenvalue weighted by Gasteiger charge is 2.66. The van der Waals surface area contributed by atoms with Gasteiger partial charge in [0, 0.05) is 24.2 Å². The highest BCUT2D eigenvalue weighted by molar-refractivity contribution is 5.96. The Morgan fingerprint density at radius 1 is 1.04 bits per heavy atom. The lowest BCUT2D eigenvalue weighted by atomic mass is 9.43. The molecule has 5 nitrogen and oxygen atoms in total. The molecular formula is C21H32O5. The van der Waals surface area contributed by atoms with Gasteiger partial charge in [0.15, 0.2) is 5.78 Å². The number of rotatable bonds is 0. The SMILES string of the molecule is CC1CC(=O)C2=C(O1)OC1(C)CCC3C(C)(C)C(O)CC(O)C3(C)C1C2. The third kappa shape index (κ3) is 2.26. The molecule has 2 aliphatic carbocycles. The van der Waals surface area contributed by atoms with E-state index in [4.69, 9.17) is 9.47 Å². The Kier molecular flexibility index (Phi) is 3.86. The van der Waals surface area contributed by atoms with Crippen molar-refractivity contribution in [1.29, 1.82) is 0 Å². The number of ether oxygens (including phenoxy) is 2. The lowest BCUT2D eigenvalue weighted by molar-refractivity contribution is -0.258. The van der Waals surface area contributed by atoms with E-state index in [0.29, 0.717) is 30.8 Å². The number of allylic oxidation sites excluding steroid dienone is 1. The average molecular weight is 364 g/mol. The Balaban J connectivity index is 1.78. The third-order valence-electron chi connectivity index (χ3n) is 8.19. The Bertz CT molecular complexity index is 667. The van der Waals surface area contributed by atoms with Crippen molar-refractivity contribution >= 4 is 5.78 Å². The van der Waals surface area contributed by atoms with Crippen molar-refractivity contribution in [2.75, 3.05) is 0 Å². The van der Waals surface area contributed by atoms with Gasteiger partial charge >= 0.3 is 0 Å². The maximum Gasteiger partial charge on any atom is 0.286 e. The van der Waals surface area contributed by atoms with Crippen molar-refractivity contribution < 1.29 is 24.5 Å². The molecule has 0 saturated heterocycles. The summed E-state index contributed by atoms with van der Waals surface area (Å²) in [4.78, 5) is 12.6. The summed E-state index contributed by atoms with van der Waals surface area (Å²) in [5.41, 5.74) is -0.479. The van der Waals surface area contributed by atoms with Gasteiger partial charge in [-0.2, -0.15) is 0 Å². The van der Waals surface area contributed by atoms with Crippen LogP contribution in [-0.2, 0) is 14.3 Å². The monoisotopic (exact) mass is 364 g/mol. The second kappa shape index (κ2) is 5.48. The van der Waals surface area contributed by atoms with E-state index in [0.717, 1.165) is 12.8 Å². The molecule has 4 rings (SSSR count). The zero-order chi connectivity index (χ0) is 19.1. The number of ketones is 1. The second-order valence-corrected chi connectivity index (χ2v) is 10.0. The van der Waals surface area contributed by atoms with E-state index in [2.05, 4.69) is 27.7 Å². The number of aliphatic hydroxyl groups is 2. The maximum atomic E-state index is 12.6. The summed E-state index contributed by atoms with van der Waals surface area (Å²) in [5.74, 6) is 0.724. The molecule has 0 spiro atoms. The molecule has 26 heavy (non-hydrogen) atoms. The van der Waals surface area contributed by atoms with Crippen LogP contribution in [0.5, 0.6) is 0 Å². The smallest absolute Gasteiger partial charge is 0.286 e. The van der Waals surface area contributed by atoms with Gasteiger partial charge in [0.1, 0.15) is 11.7 Å². The third-order valence-corrected chi connectivity index (χ3v) is 8.19. The van der Waals surface area contributed by atoms with E-state index in [1.807, 2.05) is 6.92 Å². The van der Waals surface area contributed by atoms with Crippen LogP contribution in [-0.4, -0.2) is 39.9 Å². The number of carbonyl (C=O) groups excluding carboxylic acids is 1. The lowest BCUT2D eigenvalue weighted by Gasteiger charge is -2.65. The van der Waals surface area contributed by atoms with Gasteiger partial charge in [-0.05, 0) is 44.4 Å². The van der Waals surface area contributed by atoms with Gasteiger partial charge in [0.05, 0.1) is 17.8 Å². The zero-order valence-corrected chi connectivity index (χ0v) is 16.5. The molecular weight excluding hydrogens is 332 g/mol. The minimum atomic E-state index is -0.607. The first-order valence-corrected chi connectivity index (χ1v) is 9.98. The molecule has 0 bridgehead atoms. The average Bonchev–Trinajstić information content (AvgIpc) is 2.51. The first-order valence-electron chi connectivity index (χ1n) is 9.98. The van der Waals surface area contributed by atoms with Crippen LogP contribution >= 0.6 is 0 Å². The number of fused-ring (bicyclic) bond motifs is 3. The van der Waals surface area contributed by atoms with Gasteiger partial charge in [0.2, 0.25) is 0 Å². The predicted molar refractivity (Wildman–Crippen MR) is 96.0 cm³/mol. The molecule has 0 amide bonds. The van der Waals surface area contributed by atoms with Crippen molar-refractivity contribution in [2.24, 2.45) is 22.7 Å². The number of Topliss-reactive ketones (excluding diaryl/α,β-unsaturated/α-hetero) is 1. The number of hydrogen-bond acceptors (Lipinski definition) is 5. The Hall–Kier alpha value is -1.07. The van der Waals surface area contributed by atoms with E-state index >= 15 is 0 Å². The van der Waals surface area contributed by atoms with Gasteiger partial charge in [0.25, 0.3) is 5.95 Å². The van der Waals surface area contributed by atoms with Crippen LogP contribution in [0.4, 0.5) is 0 Å². The van der Waals surface area contributed by atoms with Crippen molar-refractivity contribution in [3.8, 4) is 0 Å². The highest BCUT2D eigenvalue weighted by Crippen LogP contribution is 2.65. The van der Waals surface area contributed by atoms with Gasteiger partial charge in [-0.25, -0.2) is 0 Å². The molecule has 4 aliphatic rings. The summed E-state index contributed by atoms with van der Waals surface area (Å²) in [6, 6.07) is 0. The quantitative estimate of drug-likeness (QED) is 0.691. The molecule has 0 aromatic heterocycles. The summed E-state index contributed by atoms with van der Waals surface area (Å²) in [7, 11) is 0. The van der Waals surface area contributed by atoms with Crippen LogP contribution in [0.25, 0.3) is 0 Å². The molecule has 2 N–H and O–H groups in total. The van der Waals surface area contributed by atoms with E-state index in [-0.39, 0.29) is 29.1 Å². The molecule has 146 valence electrons. The minimum Gasteiger partial charge on any atom is -0.462 e. The van der Waals surface area contributed by atoms with Gasteiger partial charge in [-0.1, -0.05) is 20.8 Å². The van der Waals surface area contributed by atoms with Gasteiger partial charge in [-0.15, -0.1) is 0 Å². The van der Waals surface area contributed by atoms with Gasteiger partial charge < -0.3 is 19.7 Å². The van der Waals surface area contributed by atoms with Crippen LogP contribution in [0.2, 0.25) is 0 Å². The summed E-state index contributed by atoms with van der Waals surface area (Å²) >= 11 is 0. The van der Waals surface area contributed by atoms with Crippen molar-refractivity contribution in [3.63, 3.8) is 0 Å². The van der Waals surface area contributed by atoms with Crippen LogP contribution < -0.4 is 0 Å². The molecule has 7 atom stereocenters. The van der Waals surface area contributed by atoms with Crippen molar-refractivity contribution in [2.45, 2.75) is 90.6 Å². The molecule has 0 aromatic rings. The summed E-state index contributed by atoms with van der Waals surface area (Å²) in [5, 5.41) is 21.7. The van der Waals surface area contributed by atoms with Crippen molar-refractivity contribution in [3.05, 3.63) is 11.5 Å². The van der Waals surface area contributed by atoms with Crippen LogP contribution in [0.15, 0.2) is 11.5 Å². The molecule has 2 fully saturated rings. The topological polar surface area (TPSA) is 76.0 Å². The molecule has 5 heteroatoms. The van der Waals surface area contributed by atoms with Crippen LogP contribution in [0.1, 0.15) is 66.7 Å². The Morgan fingerprint density at radius 3 is 2.42 bits per heavy atom. The molecule has 2 heterocycles. The van der Waals surface area contributed by atoms with Gasteiger partial charge in [-0.3, -0.25) is 4.79 Å². The lowest BCUT2D eigenvalue weighted by Crippen LogP contribution is -2.67. The summed E-state index contributed by atoms with van der Waals surface area (Å²) in [6.45, 7) is 10.4. The van der Waals surface area contributed by atoms with Crippen LogP contribution in [0.3, 0.4) is 0 Å². The zero-order valence-electron chi connectivity index (χ0n) is 16.5. The largest absolute Gasteiger partial charge is 0.462 e. The highest BCUT2D eigenvalue weighted by atomic mass is 16.7.